The molecule has 1 aliphatic rings. The van der Waals surface area contributed by atoms with Crippen LogP contribution in [-0.2, 0) is 11.3 Å². The van der Waals surface area contributed by atoms with E-state index in [0.717, 1.165) is 79.3 Å². The zero-order valence-corrected chi connectivity index (χ0v) is 21.4. The Hall–Kier alpha value is -3.99. The second-order valence-electron chi connectivity index (χ2n) is 9.43. The number of piperazine rings is 1. The monoisotopic (exact) mass is 514 g/mol. The highest BCUT2D eigenvalue weighted by atomic mass is 16.2. The van der Waals surface area contributed by atoms with Crippen LogP contribution in [0.15, 0.2) is 65.6 Å². The second-order valence-corrected chi connectivity index (χ2v) is 9.43. The minimum absolute atomic E-state index is 0.0927. The van der Waals surface area contributed by atoms with E-state index in [1.807, 2.05) is 65.7 Å². The van der Waals surface area contributed by atoms with E-state index >= 15 is 0 Å². The van der Waals surface area contributed by atoms with Gasteiger partial charge in [0.2, 0.25) is 5.91 Å². The number of aromatic amines is 1. The van der Waals surface area contributed by atoms with E-state index in [0.29, 0.717) is 12.2 Å². The number of carbonyl (C=O) groups excluding carboxylic acids is 1. The first kappa shape index (κ1) is 25.7. The van der Waals surface area contributed by atoms with Gasteiger partial charge in [0, 0.05) is 61.3 Å². The third-order valence-electron chi connectivity index (χ3n) is 6.70. The fraction of sp³-hybridized carbons (Fsp3) is 0.321. The predicted octanol–water partition coefficient (Wildman–Crippen LogP) is 1.66. The predicted molar refractivity (Wildman–Crippen MR) is 150 cm³/mol. The van der Waals surface area contributed by atoms with Crippen molar-refractivity contribution in [1.82, 2.24) is 30.1 Å². The van der Waals surface area contributed by atoms with Gasteiger partial charge in [0.25, 0.3) is 0 Å². The third-order valence-corrected chi connectivity index (χ3v) is 6.70. The van der Waals surface area contributed by atoms with Crippen molar-refractivity contribution in [2.45, 2.75) is 13.0 Å². The highest BCUT2D eigenvalue weighted by molar-refractivity contribution is 5.84. The van der Waals surface area contributed by atoms with Crippen LogP contribution in [0.1, 0.15) is 12.0 Å². The number of nitrogens with two attached hydrogens (primary N) is 1. The van der Waals surface area contributed by atoms with Crippen LogP contribution in [0.25, 0.3) is 28.0 Å². The summed E-state index contributed by atoms with van der Waals surface area (Å²) < 4.78 is 1.56. The summed E-state index contributed by atoms with van der Waals surface area (Å²) >= 11 is 0. The van der Waals surface area contributed by atoms with Gasteiger partial charge in [-0.1, -0.05) is 24.3 Å². The number of carbonyl (C=O) groups is 1. The molecule has 2 aromatic carbocycles. The average molecular weight is 515 g/mol. The molecule has 0 aliphatic carbocycles. The van der Waals surface area contributed by atoms with Gasteiger partial charge in [0.15, 0.2) is 0 Å². The van der Waals surface area contributed by atoms with Crippen LogP contribution in [0, 0.1) is 0 Å². The summed E-state index contributed by atoms with van der Waals surface area (Å²) in [6.07, 6.45) is 2.75. The summed E-state index contributed by atoms with van der Waals surface area (Å²) in [4.78, 5) is 34.7. The van der Waals surface area contributed by atoms with Crippen molar-refractivity contribution in [3.63, 3.8) is 0 Å². The van der Waals surface area contributed by atoms with Gasteiger partial charge in [-0.3, -0.25) is 9.36 Å². The Morgan fingerprint density at radius 2 is 1.89 bits per heavy atom. The van der Waals surface area contributed by atoms with E-state index in [9.17, 15) is 9.59 Å². The molecule has 2 aromatic heterocycles. The quantitative estimate of drug-likeness (QED) is 0.203. The fourth-order valence-corrected chi connectivity index (χ4v) is 4.57. The molecule has 0 unspecified atom stereocenters. The van der Waals surface area contributed by atoms with Crippen molar-refractivity contribution in [2.75, 3.05) is 51.1 Å². The lowest BCUT2D eigenvalue weighted by molar-refractivity contribution is -0.129. The number of hydrogen-bond acceptors (Lipinski definition) is 7. The number of benzene rings is 2. The molecule has 0 spiro atoms. The van der Waals surface area contributed by atoms with E-state index < -0.39 is 0 Å². The molecule has 5 rings (SSSR count). The maximum absolute atomic E-state index is 12.8. The Morgan fingerprint density at radius 1 is 1.08 bits per heavy atom. The molecule has 1 aliphatic heterocycles. The van der Waals surface area contributed by atoms with Crippen LogP contribution >= 0.6 is 0 Å². The van der Waals surface area contributed by atoms with Crippen molar-refractivity contribution < 1.29 is 4.79 Å². The molecule has 0 atom stereocenters. The van der Waals surface area contributed by atoms with Crippen LogP contribution in [-0.4, -0.2) is 71.2 Å². The Bertz CT molecular complexity index is 1440. The maximum atomic E-state index is 12.8. The van der Waals surface area contributed by atoms with Crippen molar-refractivity contribution in [3.8, 4) is 16.9 Å². The van der Waals surface area contributed by atoms with E-state index in [1.54, 1.807) is 4.57 Å². The van der Waals surface area contributed by atoms with Crippen molar-refractivity contribution in [1.29, 1.82) is 0 Å². The maximum Gasteiger partial charge on any atom is 0.354 e. The first-order valence-corrected chi connectivity index (χ1v) is 13.1. The molecule has 0 radical (unpaired) electrons. The normalized spacial score (nSPS) is 13.7. The van der Waals surface area contributed by atoms with Crippen LogP contribution in [0.3, 0.4) is 0 Å². The van der Waals surface area contributed by atoms with E-state index in [-0.39, 0.29) is 18.1 Å². The summed E-state index contributed by atoms with van der Waals surface area (Å²) in [5, 5.41) is 10.7. The Balaban J connectivity index is 1.29. The molecule has 38 heavy (non-hydrogen) atoms. The molecule has 3 heterocycles. The van der Waals surface area contributed by atoms with Crippen LogP contribution in [0.4, 0.5) is 5.69 Å². The SMILES string of the molecule is NCCCNCc1ccc(-n2cc3cc(-c4cccc(NCC(=O)N5CCNCC5)c4)[nH]c3nc2=O)cc1. The van der Waals surface area contributed by atoms with Crippen molar-refractivity contribution in [3.05, 3.63) is 76.8 Å². The van der Waals surface area contributed by atoms with Crippen molar-refractivity contribution in [2.24, 2.45) is 5.73 Å². The van der Waals surface area contributed by atoms with Gasteiger partial charge in [-0.25, -0.2) is 4.79 Å². The van der Waals surface area contributed by atoms with Gasteiger partial charge in [-0.05, 0) is 55.4 Å². The molecule has 10 heteroatoms. The van der Waals surface area contributed by atoms with E-state index in [1.165, 1.54) is 0 Å². The Labute approximate surface area is 221 Å². The van der Waals surface area contributed by atoms with Crippen LogP contribution in [0.2, 0.25) is 0 Å². The minimum Gasteiger partial charge on any atom is -0.376 e. The second kappa shape index (κ2) is 12.0. The van der Waals surface area contributed by atoms with Gasteiger partial charge in [0.1, 0.15) is 5.65 Å². The fourth-order valence-electron chi connectivity index (χ4n) is 4.57. The summed E-state index contributed by atoms with van der Waals surface area (Å²) in [6.45, 7) is 5.69. The standard InChI is InChI=1S/C28H34N8O2/c29-9-2-10-31-17-20-5-7-24(8-6-20)36-19-22-16-25(33-27(22)34-28(36)38)21-3-1-4-23(15-21)32-18-26(37)35-13-11-30-12-14-35/h1,3-8,15-16,19,30-32H,2,9-14,17-18,29H2,(H,33,34,38). The lowest BCUT2D eigenvalue weighted by Gasteiger charge is -2.27. The van der Waals surface area contributed by atoms with Crippen LogP contribution < -0.4 is 27.4 Å². The minimum atomic E-state index is -0.346. The largest absolute Gasteiger partial charge is 0.376 e. The number of nitrogens with one attached hydrogen (secondary N) is 4. The Morgan fingerprint density at radius 3 is 2.68 bits per heavy atom. The first-order chi connectivity index (χ1) is 18.6. The molecule has 6 N–H and O–H groups in total. The zero-order valence-electron chi connectivity index (χ0n) is 21.4. The highest BCUT2D eigenvalue weighted by Crippen LogP contribution is 2.25. The molecule has 4 aromatic rings. The number of rotatable bonds is 10. The van der Waals surface area contributed by atoms with Crippen LogP contribution in [0.5, 0.6) is 0 Å². The number of aromatic nitrogens is 3. The zero-order chi connectivity index (χ0) is 26.3. The lowest BCUT2D eigenvalue weighted by atomic mass is 10.1. The summed E-state index contributed by atoms with van der Waals surface area (Å²) in [6, 6.07) is 17.7. The average Bonchev–Trinajstić information content (AvgIpc) is 3.37. The molecular formula is C28H34N8O2. The smallest absolute Gasteiger partial charge is 0.354 e. The summed E-state index contributed by atoms with van der Waals surface area (Å²) in [7, 11) is 0. The van der Waals surface area contributed by atoms with Crippen molar-refractivity contribution >= 4 is 22.6 Å². The number of nitrogens with zero attached hydrogens (tertiary/aromatic N) is 3. The number of anilines is 1. The first-order valence-electron chi connectivity index (χ1n) is 13.1. The van der Waals surface area contributed by atoms with Gasteiger partial charge in [-0.15, -0.1) is 0 Å². The molecule has 1 amide bonds. The number of H-pyrrole nitrogens is 1. The molecule has 10 nitrogen and oxygen atoms in total. The molecule has 0 saturated carbocycles. The van der Waals surface area contributed by atoms with Gasteiger partial charge >= 0.3 is 5.69 Å². The number of fused-ring (bicyclic) bond motifs is 1. The number of hydrogen-bond donors (Lipinski definition) is 5. The summed E-state index contributed by atoms with van der Waals surface area (Å²) in [5.74, 6) is 0.0927. The highest BCUT2D eigenvalue weighted by Gasteiger charge is 2.16. The molecular weight excluding hydrogens is 480 g/mol. The topological polar surface area (TPSA) is 133 Å². The summed E-state index contributed by atoms with van der Waals surface area (Å²) in [5.41, 5.74) is 10.3. The molecule has 1 fully saturated rings. The number of amides is 1. The van der Waals surface area contributed by atoms with Gasteiger partial charge in [-0.2, -0.15) is 4.98 Å². The van der Waals surface area contributed by atoms with Gasteiger partial charge < -0.3 is 31.6 Å². The van der Waals surface area contributed by atoms with E-state index in [2.05, 4.69) is 25.9 Å². The Kier molecular flexibility index (Phi) is 8.12. The third kappa shape index (κ3) is 6.10. The van der Waals surface area contributed by atoms with E-state index in [4.69, 9.17) is 5.73 Å². The molecule has 198 valence electrons. The lowest BCUT2D eigenvalue weighted by Crippen LogP contribution is -2.48. The molecule has 0 bridgehead atoms. The molecule has 1 saturated heterocycles. The van der Waals surface area contributed by atoms with Gasteiger partial charge in [0.05, 0.1) is 12.2 Å².